The molecule has 0 saturated heterocycles. The van der Waals surface area contributed by atoms with Crippen molar-refractivity contribution in [3.05, 3.63) is 41.6 Å². The number of para-hydroxylation sites is 1. The fourth-order valence-corrected chi connectivity index (χ4v) is 3.89. The minimum Gasteiger partial charge on any atom is -0.462 e. The van der Waals surface area contributed by atoms with Gasteiger partial charge in [-0.1, -0.05) is 36.9 Å². The monoisotopic (exact) mass is 386 g/mol. The molecule has 1 unspecified atom stereocenters. The van der Waals surface area contributed by atoms with Crippen LogP contribution in [0.15, 0.2) is 35.6 Å². The number of ether oxygens (including phenoxy) is 1. The summed E-state index contributed by atoms with van der Waals surface area (Å²) >= 11 is 1.26. The molecule has 27 heavy (non-hydrogen) atoms. The Kier molecular flexibility index (Phi) is 5.95. The Hall–Kier alpha value is -2.61. The van der Waals surface area contributed by atoms with E-state index in [9.17, 15) is 9.59 Å². The maximum absolute atomic E-state index is 13.0. The van der Waals surface area contributed by atoms with Gasteiger partial charge in [0.2, 0.25) is 5.91 Å². The van der Waals surface area contributed by atoms with E-state index in [0.717, 1.165) is 12.1 Å². The number of benzene rings is 1. The molecule has 2 N–H and O–H groups in total. The highest BCUT2D eigenvalue weighted by atomic mass is 32.2. The lowest BCUT2D eigenvalue weighted by Gasteiger charge is -2.22. The number of nitrogens with two attached hydrogens (primary N) is 1. The summed E-state index contributed by atoms with van der Waals surface area (Å²) in [5, 5.41) is 0.0391. The second kappa shape index (κ2) is 8.39. The predicted molar refractivity (Wildman–Crippen MR) is 105 cm³/mol. The number of nitrogen functional groups attached to an aromatic ring is 1. The average molecular weight is 386 g/mol. The molecule has 1 atom stereocenters. The molecular weight excluding hydrogens is 364 g/mol. The van der Waals surface area contributed by atoms with Crippen molar-refractivity contribution in [2.45, 2.75) is 37.1 Å². The minimum atomic E-state index is -0.552. The average Bonchev–Trinajstić information content (AvgIpc) is 3.10. The van der Waals surface area contributed by atoms with E-state index < -0.39 is 5.97 Å². The smallest absolute Gasteiger partial charge is 0.343 e. The van der Waals surface area contributed by atoms with Gasteiger partial charge in [0.1, 0.15) is 11.4 Å². The topological polar surface area (TPSA) is 98.4 Å². The first-order valence-corrected chi connectivity index (χ1v) is 9.78. The Bertz CT molecular complexity index is 859. The highest BCUT2D eigenvalue weighted by Crippen LogP contribution is 2.32. The summed E-state index contributed by atoms with van der Waals surface area (Å²) < 4.78 is 4.92. The van der Waals surface area contributed by atoms with Crippen molar-refractivity contribution in [2.75, 3.05) is 23.8 Å². The predicted octanol–water partition coefficient (Wildman–Crippen LogP) is 2.70. The van der Waals surface area contributed by atoms with Crippen LogP contribution in [0.5, 0.6) is 0 Å². The Morgan fingerprint density at radius 3 is 2.81 bits per heavy atom. The molecule has 1 aliphatic heterocycles. The van der Waals surface area contributed by atoms with Crippen molar-refractivity contribution in [1.29, 1.82) is 0 Å². The minimum absolute atomic E-state index is 0.0316. The zero-order chi connectivity index (χ0) is 19.4. The summed E-state index contributed by atoms with van der Waals surface area (Å²) in [5.41, 5.74) is 8.16. The summed E-state index contributed by atoms with van der Waals surface area (Å²) in [6, 6.07) is 7.95. The highest BCUT2D eigenvalue weighted by molar-refractivity contribution is 8.00. The number of rotatable bonds is 6. The van der Waals surface area contributed by atoms with Crippen molar-refractivity contribution < 1.29 is 14.3 Å². The summed E-state index contributed by atoms with van der Waals surface area (Å²) in [7, 11) is 0. The van der Waals surface area contributed by atoms with Crippen molar-refractivity contribution in [2.24, 2.45) is 0 Å². The zero-order valence-corrected chi connectivity index (χ0v) is 16.2. The molecule has 0 saturated carbocycles. The molecule has 1 amide bonds. The van der Waals surface area contributed by atoms with E-state index in [0.29, 0.717) is 18.1 Å². The molecule has 7 nitrogen and oxygen atoms in total. The molecule has 1 aromatic heterocycles. The Labute approximate surface area is 162 Å². The first-order valence-electron chi connectivity index (χ1n) is 8.90. The van der Waals surface area contributed by atoms with Crippen molar-refractivity contribution in [3.8, 4) is 0 Å². The van der Waals surface area contributed by atoms with E-state index in [1.165, 1.54) is 23.5 Å². The van der Waals surface area contributed by atoms with Crippen molar-refractivity contribution >= 4 is 35.1 Å². The summed E-state index contributed by atoms with van der Waals surface area (Å²) in [5.74, 6) is -0.466. The standard InChI is InChI=1S/C19H22N4O3S/c1-3-15(17(24)23-10-9-12-7-5-6-8-14(12)23)27-19-21-11-13(16(20)22-19)18(25)26-4-2/h5-8,11,15H,3-4,9-10H2,1-2H3,(H2,20,21,22). The lowest BCUT2D eigenvalue weighted by molar-refractivity contribution is -0.118. The molecule has 0 fully saturated rings. The van der Waals surface area contributed by atoms with Crippen LogP contribution in [-0.2, 0) is 16.0 Å². The molecule has 8 heteroatoms. The number of hydrogen-bond acceptors (Lipinski definition) is 7. The van der Waals surface area contributed by atoms with Crippen LogP contribution in [0.2, 0.25) is 0 Å². The molecule has 142 valence electrons. The Morgan fingerprint density at radius 2 is 2.11 bits per heavy atom. The maximum atomic E-state index is 13.0. The van der Waals surface area contributed by atoms with Crippen LogP contribution in [0.4, 0.5) is 11.5 Å². The highest BCUT2D eigenvalue weighted by Gasteiger charge is 2.30. The van der Waals surface area contributed by atoms with E-state index in [4.69, 9.17) is 10.5 Å². The zero-order valence-electron chi connectivity index (χ0n) is 15.3. The van der Waals surface area contributed by atoms with Crippen molar-refractivity contribution in [3.63, 3.8) is 0 Å². The number of amides is 1. The van der Waals surface area contributed by atoms with Crippen molar-refractivity contribution in [1.82, 2.24) is 9.97 Å². The molecular formula is C19H22N4O3S. The van der Waals surface area contributed by atoms with Gasteiger partial charge in [-0.15, -0.1) is 0 Å². The number of carbonyl (C=O) groups excluding carboxylic acids is 2. The van der Waals surface area contributed by atoms with Gasteiger partial charge in [-0.25, -0.2) is 14.8 Å². The molecule has 1 aliphatic rings. The Balaban J connectivity index is 1.75. The van der Waals surface area contributed by atoms with Gasteiger partial charge in [-0.3, -0.25) is 4.79 Å². The Morgan fingerprint density at radius 1 is 1.33 bits per heavy atom. The van der Waals surface area contributed by atoms with Crippen LogP contribution in [-0.4, -0.2) is 40.2 Å². The van der Waals surface area contributed by atoms with E-state index in [2.05, 4.69) is 16.0 Å². The number of nitrogens with zero attached hydrogens (tertiary/aromatic N) is 3. The number of anilines is 2. The second-order valence-electron chi connectivity index (χ2n) is 6.06. The largest absolute Gasteiger partial charge is 0.462 e. The van der Waals surface area contributed by atoms with Gasteiger partial charge in [0, 0.05) is 18.4 Å². The van der Waals surface area contributed by atoms with Gasteiger partial charge in [0.05, 0.1) is 11.9 Å². The lowest BCUT2D eigenvalue weighted by Crippen LogP contribution is -2.36. The number of esters is 1. The summed E-state index contributed by atoms with van der Waals surface area (Å²) in [6.07, 6.45) is 2.84. The third kappa shape index (κ3) is 4.05. The normalized spacial score (nSPS) is 13.9. The fraction of sp³-hybridized carbons (Fsp3) is 0.368. The molecule has 2 aromatic rings. The molecule has 0 aliphatic carbocycles. The van der Waals surface area contributed by atoms with E-state index >= 15 is 0 Å². The van der Waals surface area contributed by atoms with Gasteiger partial charge < -0.3 is 15.4 Å². The third-order valence-electron chi connectivity index (χ3n) is 4.34. The second-order valence-corrected chi connectivity index (χ2v) is 7.23. The van der Waals surface area contributed by atoms with Gasteiger partial charge >= 0.3 is 5.97 Å². The van der Waals surface area contributed by atoms with Crippen LogP contribution >= 0.6 is 11.8 Å². The number of carbonyl (C=O) groups is 2. The summed E-state index contributed by atoms with van der Waals surface area (Å²) in [4.78, 5) is 35.0. The van der Waals surface area contributed by atoms with Gasteiger partial charge in [0.15, 0.2) is 5.16 Å². The molecule has 2 heterocycles. The molecule has 0 spiro atoms. The van der Waals surface area contributed by atoms with Crippen LogP contribution in [0.1, 0.15) is 36.2 Å². The van der Waals surface area contributed by atoms with Crippen LogP contribution < -0.4 is 10.6 Å². The third-order valence-corrected chi connectivity index (χ3v) is 5.57. The van der Waals surface area contributed by atoms with E-state index in [-0.39, 0.29) is 29.1 Å². The van der Waals surface area contributed by atoms with Gasteiger partial charge in [-0.2, -0.15) is 0 Å². The molecule has 3 rings (SSSR count). The van der Waals surface area contributed by atoms with E-state index in [1.54, 1.807) is 6.92 Å². The maximum Gasteiger partial charge on any atom is 0.343 e. The first kappa shape index (κ1) is 19.2. The summed E-state index contributed by atoms with van der Waals surface area (Å²) in [6.45, 7) is 4.60. The lowest BCUT2D eigenvalue weighted by atomic mass is 10.2. The number of fused-ring (bicyclic) bond motifs is 1. The molecule has 0 radical (unpaired) electrons. The number of aromatic nitrogens is 2. The molecule has 1 aromatic carbocycles. The fourth-order valence-electron chi connectivity index (χ4n) is 2.98. The van der Waals surface area contributed by atoms with Crippen LogP contribution in [0, 0.1) is 0 Å². The van der Waals surface area contributed by atoms with Gasteiger partial charge in [-0.05, 0) is 31.4 Å². The number of hydrogen-bond donors (Lipinski definition) is 1. The van der Waals surface area contributed by atoms with Gasteiger partial charge in [0.25, 0.3) is 0 Å². The quantitative estimate of drug-likeness (QED) is 0.463. The van der Waals surface area contributed by atoms with E-state index in [1.807, 2.05) is 30.0 Å². The SMILES string of the molecule is CCOC(=O)c1cnc(SC(CC)C(=O)N2CCc3ccccc32)nc1N. The number of thioether (sulfide) groups is 1. The molecule has 0 bridgehead atoms. The van der Waals surface area contributed by atoms with Crippen LogP contribution in [0.3, 0.4) is 0 Å². The van der Waals surface area contributed by atoms with Crippen LogP contribution in [0.25, 0.3) is 0 Å². The first-order chi connectivity index (χ1) is 13.0.